The third-order valence-electron chi connectivity index (χ3n) is 5.69. The summed E-state index contributed by atoms with van der Waals surface area (Å²) in [6, 6.07) is 18.2. The largest absolute Gasteiger partial charge is 0.480 e. The van der Waals surface area contributed by atoms with E-state index in [0.717, 1.165) is 16.5 Å². The van der Waals surface area contributed by atoms with E-state index in [1.807, 2.05) is 60.7 Å². The summed E-state index contributed by atoms with van der Waals surface area (Å²) in [6.07, 6.45) is 3.73. The monoisotopic (exact) mass is 458 g/mol. The Labute approximate surface area is 197 Å². The lowest BCUT2D eigenvalue weighted by atomic mass is 10.1. The van der Waals surface area contributed by atoms with Crippen LogP contribution in [0.1, 0.15) is 22.5 Å². The van der Waals surface area contributed by atoms with Crippen molar-refractivity contribution in [1.29, 1.82) is 0 Å². The van der Waals surface area contributed by atoms with Crippen LogP contribution >= 0.6 is 0 Å². The molecule has 0 spiro atoms. The normalized spacial score (nSPS) is 16.1. The standard InChI is InChI=1S/C26H26N4O4/c31-23(32)17-30-16-19(15-27-14-18-6-2-1-3-7-18)10-11-22(26(30)34)29-25(33)24-21-9-5-4-8-20(21)12-13-28-24/h1-10,12-13,22,27H,11,14-17H2,(H,29,33)(H,31,32)/t22-/m0/s1. The molecule has 0 aliphatic carbocycles. The second-order valence-corrected chi connectivity index (χ2v) is 8.18. The zero-order chi connectivity index (χ0) is 23.9. The first-order valence-electron chi connectivity index (χ1n) is 11.1. The summed E-state index contributed by atoms with van der Waals surface area (Å²) in [6.45, 7) is 0.904. The maximum Gasteiger partial charge on any atom is 0.323 e. The molecule has 0 saturated carbocycles. The summed E-state index contributed by atoms with van der Waals surface area (Å²) in [5.41, 5.74) is 2.25. The van der Waals surface area contributed by atoms with Crippen molar-refractivity contribution in [2.45, 2.75) is 19.0 Å². The molecule has 3 aromatic rings. The average molecular weight is 459 g/mol. The van der Waals surface area contributed by atoms with E-state index in [2.05, 4.69) is 15.6 Å². The smallest absolute Gasteiger partial charge is 0.323 e. The Balaban J connectivity index is 1.49. The molecule has 0 unspecified atom stereocenters. The molecular formula is C26H26N4O4. The minimum Gasteiger partial charge on any atom is -0.480 e. The second kappa shape index (κ2) is 10.7. The number of aliphatic carboxylic acids is 1. The number of benzene rings is 2. The summed E-state index contributed by atoms with van der Waals surface area (Å²) in [5, 5.41) is 17.0. The number of fused-ring (bicyclic) bond motifs is 1. The van der Waals surface area contributed by atoms with Gasteiger partial charge in [-0.15, -0.1) is 0 Å². The Kier molecular flexibility index (Phi) is 7.29. The van der Waals surface area contributed by atoms with Crippen LogP contribution in [0.25, 0.3) is 10.8 Å². The predicted molar refractivity (Wildman–Crippen MR) is 128 cm³/mol. The molecule has 0 fully saturated rings. The summed E-state index contributed by atoms with van der Waals surface area (Å²) < 4.78 is 0. The molecule has 34 heavy (non-hydrogen) atoms. The number of carboxylic acids is 1. The van der Waals surface area contributed by atoms with Crippen molar-refractivity contribution in [2.24, 2.45) is 0 Å². The highest BCUT2D eigenvalue weighted by molar-refractivity contribution is 6.06. The van der Waals surface area contributed by atoms with Crippen LogP contribution in [0.4, 0.5) is 0 Å². The number of hydrogen-bond acceptors (Lipinski definition) is 5. The number of hydrogen-bond donors (Lipinski definition) is 3. The first-order chi connectivity index (χ1) is 16.5. The van der Waals surface area contributed by atoms with Gasteiger partial charge in [-0.3, -0.25) is 19.4 Å². The molecular weight excluding hydrogens is 432 g/mol. The lowest BCUT2D eigenvalue weighted by Gasteiger charge is -2.24. The molecule has 8 nitrogen and oxygen atoms in total. The van der Waals surface area contributed by atoms with Crippen molar-refractivity contribution in [3.63, 3.8) is 0 Å². The van der Waals surface area contributed by atoms with Gasteiger partial charge in [-0.2, -0.15) is 0 Å². The van der Waals surface area contributed by atoms with E-state index < -0.39 is 30.4 Å². The lowest BCUT2D eigenvalue weighted by molar-refractivity contribution is -0.144. The Morgan fingerprint density at radius 3 is 2.59 bits per heavy atom. The van der Waals surface area contributed by atoms with Crippen LogP contribution in [0.15, 0.2) is 78.5 Å². The van der Waals surface area contributed by atoms with Crippen molar-refractivity contribution in [2.75, 3.05) is 19.6 Å². The van der Waals surface area contributed by atoms with Crippen LogP contribution in [0.3, 0.4) is 0 Å². The molecule has 2 amide bonds. The van der Waals surface area contributed by atoms with Crippen molar-refractivity contribution in [3.05, 3.63) is 89.8 Å². The molecule has 1 aliphatic rings. The van der Waals surface area contributed by atoms with Crippen molar-refractivity contribution in [1.82, 2.24) is 20.5 Å². The van der Waals surface area contributed by atoms with Gasteiger partial charge in [0.25, 0.3) is 5.91 Å². The topological polar surface area (TPSA) is 112 Å². The molecule has 2 heterocycles. The number of amides is 2. The summed E-state index contributed by atoms with van der Waals surface area (Å²) in [7, 11) is 0. The first kappa shape index (κ1) is 23.1. The van der Waals surface area contributed by atoms with Gasteiger partial charge in [0.15, 0.2) is 0 Å². The molecule has 0 bridgehead atoms. The number of carboxylic acid groups (broad SMARTS) is 1. The van der Waals surface area contributed by atoms with Crippen LogP contribution in [0, 0.1) is 0 Å². The summed E-state index contributed by atoms with van der Waals surface area (Å²) in [5.74, 6) is -2.00. The molecule has 174 valence electrons. The third-order valence-corrected chi connectivity index (χ3v) is 5.69. The van der Waals surface area contributed by atoms with Crippen LogP contribution in [-0.4, -0.2) is 58.5 Å². The van der Waals surface area contributed by atoms with Gasteiger partial charge in [-0.1, -0.05) is 60.7 Å². The van der Waals surface area contributed by atoms with Gasteiger partial charge in [0.1, 0.15) is 18.3 Å². The summed E-state index contributed by atoms with van der Waals surface area (Å²) >= 11 is 0. The fourth-order valence-corrected chi connectivity index (χ4v) is 4.03. The SMILES string of the molecule is O=C(O)CN1CC(CNCc2ccccc2)=CC[C@H](NC(=O)c2nccc3ccccc23)C1=O. The maximum atomic E-state index is 13.1. The van der Waals surface area contributed by atoms with E-state index >= 15 is 0 Å². The number of aromatic nitrogens is 1. The second-order valence-electron chi connectivity index (χ2n) is 8.18. The van der Waals surface area contributed by atoms with Crippen molar-refractivity contribution >= 4 is 28.6 Å². The van der Waals surface area contributed by atoms with Crippen molar-refractivity contribution < 1.29 is 19.5 Å². The van der Waals surface area contributed by atoms with Gasteiger partial charge >= 0.3 is 5.97 Å². The zero-order valence-electron chi connectivity index (χ0n) is 18.6. The minimum atomic E-state index is -1.10. The number of nitrogens with one attached hydrogen (secondary N) is 2. The summed E-state index contributed by atoms with van der Waals surface area (Å²) in [4.78, 5) is 43.0. The number of carbonyl (C=O) groups excluding carboxylic acids is 2. The quantitative estimate of drug-likeness (QED) is 0.447. The molecule has 1 aromatic heterocycles. The highest BCUT2D eigenvalue weighted by atomic mass is 16.4. The molecule has 4 rings (SSSR count). The van der Waals surface area contributed by atoms with E-state index in [9.17, 15) is 19.5 Å². The Hall–Kier alpha value is -4.04. The van der Waals surface area contributed by atoms with Gasteiger partial charge in [-0.05, 0) is 29.0 Å². The molecule has 1 atom stereocenters. The van der Waals surface area contributed by atoms with Crippen LogP contribution in [0.5, 0.6) is 0 Å². The highest BCUT2D eigenvalue weighted by Gasteiger charge is 2.30. The highest BCUT2D eigenvalue weighted by Crippen LogP contribution is 2.18. The first-order valence-corrected chi connectivity index (χ1v) is 11.1. The van der Waals surface area contributed by atoms with Gasteiger partial charge < -0.3 is 20.6 Å². The van der Waals surface area contributed by atoms with Crippen LogP contribution in [-0.2, 0) is 16.1 Å². The molecule has 3 N–H and O–H groups in total. The molecule has 1 aliphatic heterocycles. The Bertz CT molecular complexity index is 1220. The van der Waals surface area contributed by atoms with Crippen LogP contribution < -0.4 is 10.6 Å². The van der Waals surface area contributed by atoms with Crippen molar-refractivity contribution in [3.8, 4) is 0 Å². The fourth-order valence-electron chi connectivity index (χ4n) is 4.03. The minimum absolute atomic E-state index is 0.186. The van der Waals surface area contributed by atoms with Gasteiger partial charge in [-0.25, -0.2) is 0 Å². The van der Waals surface area contributed by atoms with E-state index in [4.69, 9.17) is 0 Å². The number of nitrogens with zero attached hydrogens (tertiary/aromatic N) is 2. The molecule has 0 radical (unpaired) electrons. The average Bonchev–Trinajstić information content (AvgIpc) is 2.98. The number of rotatable bonds is 8. The van der Waals surface area contributed by atoms with E-state index in [-0.39, 0.29) is 18.7 Å². The van der Waals surface area contributed by atoms with Crippen LogP contribution in [0.2, 0.25) is 0 Å². The molecule has 0 saturated heterocycles. The molecule has 8 heteroatoms. The van der Waals surface area contributed by atoms with E-state index in [0.29, 0.717) is 18.5 Å². The number of carbonyl (C=O) groups is 3. The van der Waals surface area contributed by atoms with E-state index in [1.165, 1.54) is 4.90 Å². The Morgan fingerprint density at radius 2 is 1.79 bits per heavy atom. The van der Waals surface area contributed by atoms with E-state index in [1.54, 1.807) is 12.3 Å². The van der Waals surface area contributed by atoms with Gasteiger partial charge in [0.2, 0.25) is 5.91 Å². The third kappa shape index (κ3) is 5.65. The Morgan fingerprint density at radius 1 is 1.03 bits per heavy atom. The fraction of sp³-hybridized carbons (Fsp3) is 0.231. The number of pyridine rings is 1. The zero-order valence-corrected chi connectivity index (χ0v) is 18.6. The maximum absolute atomic E-state index is 13.1. The van der Waals surface area contributed by atoms with Gasteiger partial charge in [0.05, 0.1) is 0 Å². The molecule has 2 aromatic carbocycles. The predicted octanol–water partition coefficient (Wildman–Crippen LogP) is 2.37. The van der Waals surface area contributed by atoms with Gasteiger partial charge in [0, 0.05) is 31.2 Å². The lowest BCUT2D eigenvalue weighted by Crippen LogP contribution is -2.49.